The van der Waals surface area contributed by atoms with Crippen molar-refractivity contribution in [3.8, 4) is 0 Å². The summed E-state index contributed by atoms with van der Waals surface area (Å²) in [6.45, 7) is 5.22. The lowest BCUT2D eigenvalue weighted by Gasteiger charge is -2.10. The minimum atomic E-state index is -3.47. The van der Waals surface area contributed by atoms with E-state index in [0.717, 1.165) is 0 Å². The molecule has 1 rings (SSSR count). The lowest BCUT2D eigenvalue weighted by Crippen LogP contribution is -2.26. The summed E-state index contributed by atoms with van der Waals surface area (Å²) < 4.78 is 23.5. The van der Waals surface area contributed by atoms with Crippen molar-refractivity contribution in [2.75, 3.05) is 16.8 Å². The third-order valence-corrected chi connectivity index (χ3v) is 4.57. The van der Waals surface area contributed by atoms with Crippen molar-refractivity contribution >= 4 is 27.4 Å². The molecule has 0 bridgehead atoms. The maximum absolute atomic E-state index is 11.8. The van der Waals surface area contributed by atoms with Crippen molar-refractivity contribution in [1.82, 2.24) is 0 Å². The van der Waals surface area contributed by atoms with E-state index in [1.807, 2.05) is 0 Å². The van der Waals surface area contributed by atoms with Crippen molar-refractivity contribution < 1.29 is 23.1 Å². The first-order valence-corrected chi connectivity index (χ1v) is 8.27. The summed E-state index contributed by atoms with van der Waals surface area (Å²) in [5, 5.41) is 11.4. The predicted octanol–water partition coefficient (Wildman–Crippen LogP) is 1.70. The monoisotopic (exact) mass is 313 g/mol. The van der Waals surface area contributed by atoms with Crippen molar-refractivity contribution in [2.24, 2.45) is 5.92 Å². The fourth-order valence-electron chi connectivity index (χ4n) is 1.84. The van der Waals surface area contributed by atoms with Gasteiger partial charge in [-0.05, 0) is 30.5 Å². The lowest BCUT2D eigenvalue weighted by molar-refractivity contribution is -0.113. The first-order valence-electron chi connectivity index (χ1n) is 6.45. The van der Waals surface area contributed by atoms with Crippen molar-refractivity contribution in [1.29, 1.82) is 0 Å². The standard InChI is InChI=1S/C14H19NO5S/c1-9(2)7-21(19,20)8-13(16)15-12-6-11(14(17)18)5-4-10(12)3/h4-6,9H,7-8H2,1-3H3,(H,15,16)(H,17,18). The highest BCUT2D eigenvalue weighted by atomic mass is 32.2. The second kappa shape index (κ2) is 6.71. The van der Waals surface area contributed by atoms with Crippen LogP contribution in [0.2, 0.25) is 0 Å². The highest BCUT2D eigenvalue weighted by Gasteiger charge is 2.19. The van der Waals surface area contributed by atoms with Gasteiger partial charge in [-0.25, -0.2) is 13.2 Å². The minimum Gasteiger partial charge on any atom is -0.478 e. The number of carboxylic acids is 1. The van der Waals surface area contributed by atoms with Gasteiger partial charge in [0.1, 0.15) is 5.75 Å². The number of carbonyl (C=O) groups excluding carboxylic acids is 1. The Labute approximate surface area is 124 Å². The van der Waals surface area contributed by atoms with Crippen molar-refractivity contribution in [3.63, 3.8) is 0 Å². The Balaban J connectivity index is 2.84. The van der Waals surface area contributed by atoms with Gasteiger partial charge in [-0.3, -0.25) is 4.79 Å². The van der Waals surface area contributed by atoms with Gasteiger partial charge in [-0.2, -0.15) is 0 Å². The quantitative estimate of drug-likeness (QED) is 0.832. The van der Waals surface area contributed by atoms with Crippen molar-refractivity contribution in [2.45, 2.75) is 20.8 Å². The predicted molar refractivity (Wildman–Crippen MR) is 80.3 cm³/mol. The van der Waals surface area contributed by atoms with Gasteiger partial charge in [0.25, 0.3) is 0 Å². The smallest absolute Gasteiger partial charge is 0.335 e. The number of amides is 1. The maximum atomic E-state index is 11.8. The van der Waals surface area contributed by atoms with Gasteiger partial charge in [-0.1, -0.05) is 19.9 Å². The number of anilines is 1. The molecule has 1 aromatic carbocycles. The summed E-state index contributed by atoms with van der Waals surface area (Å²) in [6, 6.07) is 4.29. The number of aryl methyl sites for hydroxylation is 1. The Morgan fingerprint density at radius 1 is 1.29 bits per heavy atom. The number of hydrogen-bond acceptors (Lipinski definition) is 4. The van der Waals surface area contributed by atoms with E-state index in [2.05, 4.69) is 5.32 Å². The number of nitrogens with one attached hydrogen (secondary N) is 1. The summed E-state index contributed by atoms with van der Waals surface area (Å²) >= 11 is 0. The number of hydrogen-bond donors (Lipinski definition) is 2. The highest BCUT2D eigenvalue weighted by molar-refractivity contribution is 7.92. The van der Waals surface area contributed by atoms with Crippen LogP contribution in [0.4, 0.5) is 5.69 Å². The molecule has 0 atom stereocenters. The van der Waals surface area contributed by atoms with Gasteiger partial charge in [-0.15, -0.1) is 0 Å². The fourth-order valence-corrected chi connectivity index (χ4v) is 3.45. The van der Waals surface area contributed by atoms with Crippen LogP contribution in [0, 0.1) is 12.8 Å². The van der Waals surface area contributed by atoms with Crippen LogP contribution in [0.3, 0.4) is 0 Å². The van der Waals surface area contributed by atoms with Gasteiger partial charge >= 0.3 is 5.97 Å². The molecule has 0 aliphatic carbocycles. The van der Waals surface area contributed by atoms with E-state index in [1.165, 1.54) is 12.1 Å². The molecular formula is C14H19NO5S. The Kier molecular flexibility index (Phi) is 5.48. The van der Waals surface area contributed by atoms with E-state index >= 15 is 0 Å². The van der Waals surface area contributed by atoms with Crippen LogP contribution in [0.25, 0.3) is 0 Å². The summed E-state index contributed by atoms with van der Waals surface area (Å²) in [7, 11) is -3.47. The Bertz CT molecular complexity index is 649. The summed E-state index contributed by atoms with van der Waals surface area (Å²) in [5.41, 5.74) is 0.996. The second-order valence-electron chi connectivity index (χ2n) is 5.33. The molecule has 0 saturated heterocycles. The minimum absolute atomic E-state index is 0.0286. The van der Waals surface area contributed by atoms with Gasteiger partial charge < -0.3 is 10.4 Å². The Morgan fingerprint density at radius 3 is 2.43 bits per heavy atom. The van der Waals surface area contributed by atoms with E-state index in [-0.39, 0.29) is 17.2 Å². The van der Waals surface area contributed by atoms with E-state index in [1.54, 1.807) is 26.8 Å². The fraction of sp³-hybridized carbons (Fsp3) is 0.429. The average Bonchev–Trinajstić information content (AvgIpc) is 2.28. The molecule has 0 radical (unpaired) electrons. The molecule has 0 heterocycles. The number of carbonyl (C=O) groups is 2. The molecule has 0 saturated carbocycles. The summed E-state index contributed by atoms with van der Waals surface area (Å²) in [6.07, 6.45) is 0. The van der Waals surface area contributed by atoms with Crippen LogP contribution < -0.4 is 5.32 Å². The summed E-state index contributed by atoms with van der Waals surface area (Å²) in [4.78, 5) is 22.7. The van der Waals surface area contributed by atoms with Crippen molar-refractivity contribution in [3.05, 3.63) is 29.3 Å². The molecule has 7 heteroatoms. The van der Waals surface area contributed by atoms with Crippen LogP contribution in [-0.4, -0.2) is 36.9 Å². The topological polar surface area (TPSA) is 101 Å². The zero-order valence-electron chi connectivity index (χ0n) is 12.2. The van der Waals surface area contributed by atoms with E-state index in [4.69, 9.17) is 5.11 Å². The zero-order valence-corrected chi connectivity index (χ0v) is 13.0. The molecule has 1 aromatic rings. The third-order valence-electron chi connectivity index (χ3n) is 2.70. The number of benzene rings is 1. The molecular weight excluding hydrogens is 294 g/mol. The normalized spacial score (nSPS) is 11.4. The van der Waals surface area contributed by atoms with Crippen LogP contribution in [0.15, 0.2) is 18.2 Å². The largest absolute Gasteiger partial charge is 0.478 e. The molecule has 0 spiro atoms. The summed E-state index contributed by atoms with van der Waals surface area (Å²) in [5.74, 6) is -2.50. The molecule has 0 fully saturated rings. The molecule has 0 unspecified atom stereocenters. The number of rotatable bonds is 6. The number of aromatic carboxylic acids is 1. The van der Waals surface area contributed by atoms with Crippen LogP contribution in [0.1, 0.15) is 29.8 Å². The lowest BCUT2D eigenvalue weighted by atomic mass is 10.1. The van der Waals surface area contributed by atoms with Gasteiger partial charge in [0.15, 0.2) is 9.84 Å². The first kappa shape index (κ1) is 17.2. The van der Waals surface area contributed by atoms with Gasteiger partial charge in [0, 0.05) is 5.69 Å². The van der Waals surface area contributed by atoms with E-state index in [0.29, 0.717) is 11.3 Å². The molecule has 6 nitrogen and oxygen atoms in total. The van der Waals surface area contributed by atoms with Crippen LogP contribution in [-0.2, 0) is 14.6 Å². The average molecular weight is 313 g/mol. The molecule has 116 valence electrons. The first-order chi connectivity index (χ1) is 9.60. The number of sulfone groups is 1. The third kappa shape index (κ3) is 5.55. The molecule has 0 aromatic heterocycles. The second-order valence-corrected chi connectivity index (χ2v) is 7.44. The maximum Gasteiger partial charge on any atom is 0.335 e. The zero-order chi connectivity index (χ0) is 16.2. The molecule has 1 amide bonds. The SMILES string of the molecule is Cc1ccc(C(=O)O)cc1NC(=O)CS(=O)(=O)CC(C)C. The molecule has 2 N–H and O–H groups in total. The van der Waals surface area contributed by atoms with Gasteiger partial charge in [0.2, 0.25) is 5.91 Å². The van der Waals surface area contributed by atoms with Gasteiger partial charge in [0.05, 0.1) is 11.3 Å². The number of carboxylic acid groups (broad SMARTS) is 1. The van der Waals surface area contributed by atoms with E-state index < -0.39 is 27.5 Å². The Hall–Kier alpha value is -1.89. The van der Waals surface area contributed by atoms with Crippen LogP contribution >= 0.6 is 0 Å². The molecule has 21 heavy (non-hydrogen) atoms. The Morgan fingerprint density at radius 2 is 1.90 bits per heavy atom. The highest BCUT2D eigenvalue weighted by Crippen LogP contribution is 2.17. The molecule has 0 aliphatic heterocycles. The molecule has 0 aliphatic rings. The van der Waals surface area contributed by atoms with Crippen LogP contribution in [0.5, 0.6) is 0 Å². The van der Waals surface area contributed by atoms with E-state index in [9.17, 15) is 18.0 Å².